The molecule has 9 heteroatoms. The Bertz CT molecular complexity index is 1110. The summed E-state index contributed by atoms with van der Waals surface area (Å²) in [6.45, 7) is 3.95. The third kappa shape index (κ3) is 5.08. The number of halogens is 1. The number of sulfonamides is 1. The van der Waals surface area contributed by atoms with E-state index in [1.165, 1.54) is 12.1 Å². The van der Waals surface area contributed by atoms with Crippen molar-refractivity contribution in [2.45, 2.75) is 17.9 Å². The Morgan fingerprint density at radius 2 is 1.70 bits per heavy atom. The molecule has 158 valence electrons. The number of morpholine rings is 1. The molecule has 1 saturated heterocycles. The number of nitrogens with two attached hydrogens (primary N) is 1. The zero-order valence-electron chi connectivity index (χ0n) is 16.4. The standard InChI is InChI=1S/C21H23ClN4O3S/c22-17-3-1-16(2-4-17)13-20-14-18(15-25-9-11-29-12-10-25)24-26(20)19-5-7-21(8-6-19)30(23,27)28/h1-8,14H,9-13,15H2,(H2,23,27,28). The highest BCUT2D eigenvalue weighted by molar-refractivity contribution is 7.89. The van der Waals surface area contributed by atoms with Crippen LogP contribution in [0, 0.1) is 0 Å². The van der Waals surface area contributed by atoms with Crippen molar-refractivity contribution in [2.24, 2.45) is 5.14 Å². The van der Waals surface area contributed by atoms with Gasteiger partial charge < -0.3 is 4.74 Å². The number of benzene rings is 2. The molecule has 0 atom stereocenters. The van der Waals surface area contributed by atoms with E-state index in [-0.39, 0.29) is 4.90 Å². The molecule has 1 fully saturated rings. The van der Waals surface area contributed by atoms with Crippen LogP contribution in [-0.2, 0) is 27.7 Å². The summed E-state index contributed by atoms with van der Waals surface area (Å²) in [5.74, 6) is 0. The fraction of sp³-hybridized carbons (Fsp3) is 0.286. The van der Waals surface area contributed by atoms with Crippen molar-refractivity contribution in [1.29, 1.82) is 0 Å². The second-order valence-electron chi connectivity index (χ2n) is 7.27. The van der Waals surface area contributed by atoms with Crippen LogP contribution in [0.15, 0.2) is 59.5 Å². The van der Waals surface area contributed by atoms with Crippen molar-refractivity contribution in [1.82, 2.24) is 14.7 Å². The Balaban J connectivity index is 1.66. The smallest absolute Gasteiger partial charge is 0.238 e. The van der Waals surface area contributed by atoms with Gasteiger partial charge >= 0.3 is 0 Å². The van der Waals surface area contributed by atoms with Gasteiger partial charge in [-0.3, -0.25) is 4.90 Å². The largest absolute Gasteiger partial charge is 0.379 e. The second kappa shape index (κ2) is 8.87. The molecule has 2 aromatic carbocycles. The second-order valence-corrected chi connectivity index (χ2v) is 9.27. The van der Waals surface area contributed by atoms with Gasteiger partial charge in [0.25, 0.3) is 0 Å². The Labute approximate surface area is 181 Å². The van der Waals surface area contributed by atoms with E-state index < -0.39 is 10.0 Å². The van der Waals surface area contributed by atoms with E-state index in [0.717, 1.165) is 55.5 Å². The molecule has 0 aliphatic carbocycles. The van der Waals surface area contributed by atoms with Gasteiger partial charge in [0.1, 0.15) is 0 Å². The first-order valence-electron chi connectivity index (χ1n) is 9.64. The molecule has 7 nitrogen and oxygen atoms in total. The molecule has 0 spiro atoms. The predicted molar refractivity (Wildman–Crippen MR) is 115 cm³/mol. The van der Waals surface area contributed by atoms with Crippen LogP contribution in [-0.4, -0.2) is 49.4 Å². The summed E-state index contributed by atoms with van der Waals surface area (Å²) < 4.78 is 30.4. The minimum atomic E-state index is -3.74. The molecule has 3 aromatic rings. The maximum absolute atomic E-state index is 11.6. The van der Waals surface area contributed by atoms with Gasteiger partial charge in [0.05, 0.1) is 29.5 Å². The molecule has 1 aliphatic rings. The van der Waals surface area contributed by atoms with E-state index in [9.17, 15) is 8.42 Å². The topological polar surface area (TPSA) is 90.5 Å². The van der Waals surface area contributed by atoms with Crippen molar-refractivity contribution in [2.75, 3.05) is 26.3 Å². The zero-order chi connectivity index (χ0) is 21.1. The number of aromatic nitrogens is 2. The number of rotatable bonds is 6. The Morgan fingerprint density at radius 3 is 2.33 bits per heavy atom. The van der Waals surface area contributed by atoms with E-state index in [2.05, 4.69) is 11.0 Å². The van der Waals surface area contributed by atoms with Gasteiger partial charge in [0.15, 0.2) is 0 Å². The lowest BCUT2D eigenvalue weighted by atomic mass is 10.1. The first-order valence-corrected chi connectivity index (χ1v) is 11.6. The van der Waals surface area contributed by atoms with Gasteiger partial charge in [-0.1, -0.05) is 23.7 Å². The average Bonchev–Trinajstić information content (AvgIpc) is 3.12. The van der Waals surface area contributed by atoms with Crippen LogP contribution in [0.4, 0.5) is 0 Å². The molecule has 1 aromatic heterocycles. The summed E-state index contributed by atoms with van der Waals surface area (Å²) >= 11 is 6.01. The molecule has 1 aliphatic heterocycles. The highest BCUT2D eigenvalue weighted by Crippen LogP contribution is 2.20. The number of hydrogen-bond donors (Lipinski definition) is 1. The van der Waals surface area contributed by atoms with E-state index >= 15 is 0 Å². The van der Waals surface area contributed by atoms with Gasteiger partial charge in [0, 0.05) is 36.8 Å². The Hall–Kier alpha value is -2.23. The molecule has 0 amide bonds. The minimum Gasteiger partial charge on any atom is -0.379 e. The monoisotopic (exact) mass is 446 g/mol. The van der Waals surface area contributed by atoms with Gasteiger partial charge in [-0.15, -0.1) is 0 Å². The van der Waals surface area contributed by atoms with Crippen LogP contribution in [0.2, 0.25) is 5.02 Å². The van der Waals surface area contributed by atoms with Gasteiger partial charge in [-0.05, 0) is 48.0 Å². The molecular weight excluding hydrogens is 424 g/mol. The first kappa shape index (κ1) is 21.0. The summed E-state index contributed by atoms with van der Waals surface area (Å²) in [6, 6.07) is 16.3. The van der Waals surface area contributed by atoms with E-state index in [1.807, 2.05) is 28.9 Å². The average molecular weight is 447 g/mol. The summed E-state index contributed by atoms with van der Waals surface area (Å²) in [4.78, 5) is 2.39. The SMILES string of the molecule is NS(=O)(=O)c1ccc(-n2nc(CN3CCOCC3)cc2Cc2ccc(Cl)cc2)cc1. The van der Waals surface area contributed by atoms with Crippen molar-refractivity contribution >= 4 is 21.6 Å². The molecule has 30 heavy (non-hydrogen) atoms. The van der Waals surface area contributed by atoms with Crippen LogP contribution >= 0.6 is 11.6 Å². The number of primary sulfonamides is 1. The van der Waals surface area contributed by atoms with Crippen molar-refractivity contribution < 1.29 is 13.2 Å². The first-order chi connectivity index (χ1) is 14.4. The maximum Gasteiger partial charge on any atom is 0.238 e. The summed E-state index contributed by atoms with van der Waals surface area (Å²) in [7, 11) is -3.74. The highest BCUT2D eigenvalue weighted by Gasteiger charge is 2.16. The normalized spacial score (nSPS) is 15.4. The number of hydrogen-bond acceptors (Lipinski definition) is 5. The van der Waals surface area contributed by atoms with E-state index in [1.54, 1.807) is 12.1 Å². The molecular formula is C21H23ClN4O3S. The molecule has 0 bridgehead atoms. The molecule has 2 N–H and O–H groups in total. The van der Waals surface area contributed by atoms with Crippen LogP contribution in [0.25, 0.3) is 5.69 Å². The minimum absolute atomic E-state index is 0.0752. The fourth-order valence-corrected chi connectivity index (χ4v) is 4.12. The van der Waals surface area contributed by atoms with Crippen LogP contribution in [0.3, 0.4) is 0 Å². The predicted octanol–water partition coefficient (Wildman–Crippen LogP) is 2.60. The number of ether oxygens (including phenoxy) is 1. The lowest BCUT2D eigenvalue weighted by Crippen LogP contribution is -2.35. The number of nitrogens with zero attached hydrogens (tertiary/aromatic N) is 3. The van der Waals surface area contributed by atoms with Crippen molar-refractivity contribution in [3.63, 3.8) is 0 Å². The highest BCUT2D eigenvalue weighted by atomic mass is 35.5. The summed E-state index contributed by atoms with van der Waals surface area (Å²) in [6.07, 6.45) is 0.671. The van der Waals surface area contributed by atoms with Crippen molar-refractivity contribution in [3.05, 3.63) is 76.6 Å². The quantitative estimate of drug-likeness (QED) is 0.628. The third-order valence-corrected chi connectivity index (χ3v) is 6.21. The summed E-state index contributed by atoms with van der Waals surface area (Å²) in [5.41, 5.74) is 3.85. The molecule has 4 rings (SSSR count). The van der Waals surface area contributed by atoms with Gasteiger partial charge in [-0.2, -0.15) is 5.10 Å². The molecule has 0 saturated carbocycles. The van der Waals surface area contributed by atoms with Gasteiger partial charge in [0.2, 0.25) is 10.0 Å². The lowest BCUT2D eigenvalue weighted by Gasteiger charge is -2.25. The fourth-order valence-electron chi connectivity index (χ4n) is 3.48. The molecule has 0 unspecified atom stereocenters. The zero-order valence-corrected chi connectivity index (χ0v) is 17.9. The van der Waals surface area contributed by atoms with Gasteiger partial charge in [-0.25, -0.2) is 18.2 Å². The maximum atomic E-state index is 11.6. The Morgan fingerprint density at radius 1 is 1.03 bits per heavy atom. The van der Waals surface area contributed by atoms with E-state index in [0.29, 0.717) is 11.4 Å². The van der Waals surface area contributed by atoms with E-state index in [4.69, 9.17) is 26.6 Å². The van der Waals surface area contributed by atoms with Crippen molar-refractivity contribution in [3.8, 4) is 5.69 Å². The lowest BCUT2D eigenvalue weighted by molar-refractivity contribution is 0.0336. The third-order valence-electron chi connectivity index (χ3n) is 5.03. The van der Waals surface area contributed by atoms with Crippen LogP contribution < -0.4 is 5.14 Å². The summed E-state index contributed by atoms with van der Waals surface area (Å²) in [5, 5.41) is 10.7. The Kier molecular flexibility index (Phi) is 6.21. The van der Waals surface area contributed by atoms with Crippen LogP contribution in [0.1, 0.15) is 17.0 Å². The van der Waals surface area contributed by atoms with Crippen LogP contribution in [0.5, 0.6) is 0 Å². The molecule has 0 radical (unpaired) electrons. The molecule has 2 heterocycles.